The van der Waals surface area contributed by atoms with Crippen LogP contribution in [0.3, 0.4) is 0 Å². The summed E-state index contributed by atoms with van der Waals surface area (Å²) in [5, 5.41) is 0. The molecule has 37 heavy (non-hydrogen) atoms. The molecule has 0 atom stereocenters. The predicted molar refractivity (Wildman–Crippen MR) is 151 cm³/mol. The van der Waals surface area contributed by atoms with Crippen LogP contribution in [0.1, 0.15) is 27.8 Å². The molecule has 0 bridgehead atoms. The Bertz CT molecular complexity index is 1360. The maximum atomic E-state index is 4.34. The van der Waals surface area contributed by atoms with Gasteiger partial charge in [0.1, 0.15) is 0 Å². The van der Waals surface area contributed by atoms with Crippen molar-refractivity contribution in [3.63, 3.8) is 0 Å². The number of aromatic nitrogens is 4. The first-order valence-corrected chi connectivity index (χ1v) is 12.3. The normalized spacial score (nSPS) is 10.8. The van der Waals surface area contributed by atoms with Crippen LogP contribution < -0.4 is 9.80 Å². The molecule has 0 amide bonds. The van der Waals surface area contributed by atoms with Gasteiger partial charge in [0.05, 0.1) is 34.1 Å². The lowest BCUT2D eigenvalue weighted by Gasteiger charge is -2.33. The summed E-state index contributed by atoms with van der Waals surface area (Å²) < 4.78 is 0. The highest BCUT2D eigenvalue weighted by molar-refractivity contribution is 5.88. The van der Waals surface area contributed by atoms with E-state index >= 15 is 0 Å². The van der Waals surface area contributed by atoms with Crippen molar-refractivity contribution in [3.8, 4) is 0 Å². The average Bonchev–Trinajstić information content (AvgIpc) is 2.90. The maximum Gasteiger partial charge on any atom is 0.0521 e. The lowest BCUT2D eigenvalue weighted by atomic mass is 10.0. The molecule has 6 nitrogen and oxygen atoms in total. The fourth-order valence-corrected chi connectivity index (χ4v) is 4.74. The number of anilines is 6. The highest BCUT2D eigenvalue weighted by Gasteiger charge is 2.23. The molecule has 1 aromatic carbocycles. The molecule has 4 aromatic heterocycles. The second-order valence-corrected chi connectivity index (χ2v) is 9.24. The summed E-state index contributed by atoms with van der Waals surface area (Å²) in [5.41, 5.74) is 12.0. The van der Waals surface area contributed by atoms with E-state index in [9.17, 15) is 0 Å². The van der Waals surface area contributed by atoms with Crippen LogP contribution >= 0.6 is 0 Å². The van der Waals surface area contributed by atoms with Crippen molar-refractivity contribution in [2.45, 2.75) is 34.6 Å². The van der Waals surface area contributed by atoms with Crippen LogP contribution in [-0.4, -0.2) is 19.9 Å². The molecular weight excluding hydrogens is 456 g/mol. The van der Waals surface area contributed by atoms with Gasteiger partial charge in [-0.2, -0.15) is 0 Å². The van der Waals surface area contributed by atoms with E-state index in [2.05, 4.69) is 107 Å². The number of hydrogen-bond acceptors (Lipinski definition) is 6. The summed E-state index contributed by atoms with van der Waals surface area (Å²) in [7, 11) is 0. The Balaban J connectivity index is 1.78. The minimum absolute atomic E-state index is 1.08. The molecule has 184 valence electrons. The van der Waals surface area contributed by atoms with Crippen LogP contribution in [-0.2, 0) is 0 Å². The van der Waals surface area contributed by atoms with Gasteiger partial charge in [0, 0.05) is 49.6 Å². The molecule has 0 spiro atoms. The highest BCUT2D eigenvalue weighted by Crippen LogP contribution is 2.45. The molecular formula is C31H30N6. The van der Waals surface area contributed by atoms with Gasteiger partial charge < -0.3 is 9.80 Å². The Kier molecular flexibility index (Phi) is 6.64. The third-order valence-corrected chi connectivity index (χ3v) is 6.68. The largest absolute Gasteiger partial charge is 0.309 e. The van der Waals surface area contributed by atoms with E-state index in [0.29, 0.717) is 0 Å². The molecule has 4 heterocycles. The zero-order valence-electron chi connectivity index (χ0n) is 21.8. The Labute approximate surface area is 218 Å². The molecule has 0 unspecified atom stereocenters. The molecule has 5 aromatic rings. The van der Waals surface area contributed by atoms with Crippen LogP contribution in [0, 0.1) is 34.6 Å². The molecule has 0 saturated heterocycles. The lowest BCUT2D eigenvalue weighted by Crippen LogP contribution is -2.18. The van der Waals surface area contributed by atoms with E-state index in [1.807, 2.05) is 49.6 Å². The molecule has 0 aliphatic heterocycles. The first-order chi connectivity index (χ1) is 18.0. The standard InChI is InChI=1S/C31H30N6/c1-21-17-32-13-9-26(21)36(27-10-14-33-18-22(27)2)30-7-6-8-31(25(30)5)37(28-11-15-34-19-23(28)3)29-12-16-35-20-24(29)4/h6-20H,1-5H3. The summed E-state index contributed by atoms with van der Waals surface area (Å²) in [6.45, 7) is 10.6. The van der Waals surface area contributed by atoms with Gasteiger partial charge in [-0.25, -0.2) is 0 Å². The molecule has 0 saturated carbocycles. The summed E-state index contributed by atoms with van der Waals surface area (Å²) in [6, 6.07) is 14.7. The fraction of sp³-hybridized carbons (Fsp3) is 0.161. The minimum atomic E-state index is 1.08. The van der Waals surface area contributed by atoms with E-state index in [1.165, 1.54) is 0 Å². The van der Waals surface area contributed by atoms with Crippen molar-refractivity contribution in [1.82, 2.24) is 19.9 Å². The summed E-state index contributed by atoms with van der Waals surface area (Å²) in [4.78, 5) is 22.0. The Morgan fingerprint density at radius 2 is 0.703 bits per heavy atom. The first kappa shape index (κ1) is 24.1. The van der Waals surface area contributed by atoms with Crippen molar-refractivity contribution < 1.29 is 0 Å². The highest BCUT2D eigenvalue weighted by atomic mass is 15.2. The van der Waals surface area contributed by atoms with Crippen molar-refractivity contribution in [2.24, 2.45) is 0 Å². The Morgan fingerprint density at radius 1 is 0.405 bits per heavy atom. The molecule has 5 rings (SSSR count). The van der Waals surface area contributed by atoms with Gasteiger partial charge in [-0.05, 0) is 98.8 Å². The number of rotatable bonds is 6. The van der Waals surface area contributed by atoms with Crippen LogP contribution in [0.4, 0.5) is 34.1 Å². The number of pyridine rings is 4. The van der Waals surface area contributed by atoms with Crippen molar-refractivity contribution in [2.75, 3.05) is 9.80 Å². The number of benzene rings is 1. The first-order valence-electron chi connectivity index (χ1n) is 12.3. The zero-order valence-corrected chi connectivity index (χ0v) is 21.8. The monoisotopic (exact) mass is 486 g/mol. The van der Waals surface area contributed by atoms with Gasteiger partial charge in [0.15, 0.2) is 0 Å². The third-order valence-electron chi connectivity index (χ3n) is 6.68. The SMILES string of the molecule is Cc1cnccc1N(c1ccncc1C)c1cccc(N(c2ccncc2C)c2ccncc2C)c1C. The van der Waals surface area contributed by atoms with Crippen molar-refractivity contribution >= 4 is 34.1 Å². The van der Waals surface area contributed by atoms with Gasteiger partial charge >= 0.3 is 0 Å². The van der Waals surface area contributed by atoms with Crippen LogP contribution in [0.2, 0.25) is 0 Å². The third kappa shape index (κ3) is 4.54. The summed E-state index contributed by atoms with van der Waals surface area (Å²) >= 11 is 0. The zero-order chi connectivity index (χ0) is 25.9. The summed E-state index contributed by atoms with van der Waals surface area (Å²) in [6.07, 6.45) is 15.0. The molecule has 0 N–H and O–H groups in total. The van der Waals surface area contributed by atoms with Crippen molar-refractivity contribution in [1.29, 1.82) is 0 Å². The number of aryl methyl sites for hydroxylation is 4. The summed E-state index contributed by atoms with van der Waals surface area (Å²) in [5.74, 6) is 0. The van der Waals surface area contributed by atoms with Crippen LogP contribution in [0.5, 0.6) is 0 Å². The molecule has 0 aliphatic carbocycles. The Morgan fingerprint density at radius 3 is 0.973 bits per heavy atom. The van der Waals surface area contributed by atoms with Gasteiger partial charge in [-0.15, -0.1) is 0 Å². The van der Waals surface area contributed by atoms with Crippen molar-refractivity contribution in [3.05, 3.63) is 120 Å². The lowest BCUT2D eigenvalue weighted by molar-refractivity contribution is 1.13. The van der Waals surface area contributed by atoms with E-state index < -0.39 is 0 Å². The smallest absolute Gasteiger partial charge is 0.0521 e. The predicted octanol–water partition coefficient (Wildman–Crippen LogP) is 7.75. The average molecular weight is 487 g/mol. The second kappa shape index (κ2) is 10.2. The van der Waals surface area contributed by atoms with E-state index in [1.54, 1.807) is 0 Å². The molecule has 0 aliphatic rings. The van der Waals surface area contributed by atoms with E-state index in [-0.39, 0.29) is 0 Å². The van der Waals surface area contributed by atoms with Crippen LogP contribution in [0.15, 0.2) is 92.0 Å². The Hall–Kier alpha value is -4.58. The molecule has 6 heteroatoms. The fourth-order valence-electron chi connectivity index (χ4n) is 4.74. The quantitative estimate of drug-likeness (QED) is 0.245. The molecule has 0 radical (unpaired) electrons. The van der Waals surface area contributed by atoms with Crippen LogP contribution in [0.25, 0.3) is 0 Å². The van der Waals surface area contributed by atoms with Gasteiger partial charge in [-0.3, -0.25) is 19.9 Å². The van der Waals surface area contributed by atoms with E-state index in [4.69, 9.17) is 0 Å². The minimum Gasteiger partial charge on any atom is -0.309 e. The van der Waals surface area contributed by atoms with E-state index in [0.717, 1.165) is 61.9 Å². The molecule has 0 fully saturated rings. The maximum absolute atomic E-state index is 4.34. The number of nitrogens with zero attached hydrogens (tertiary/aromatic N) is 6. The second-order valence-electron chi connectivity index (χ2n) is 9.24. The van der Waals surface area contributed by atoms with Gasteiger partial charge in [0.2, 0.25) is 0 Å². The van der Waals surface area contributed by atoms with Gasteiger partial charge in [-0.1, -0.05) is 6.07 Å². The topological polar surface area (TPSA) is 58.0 Å². The van der Waals surface area contributed by atoms with Gasteiger partial charge in [0.25, 0.3) is 0 Å². The number of hydrogen-bond donors (Lipinski definition) is 0.